The smallest absolute Gasteiger partial charge is 0.207 e. The number of benzene rings is 1. The SMILES string of the molecule is Cc1ccc(CNS(=O)(=O)c2ccc(CBr)cc2)s1. The van der Waals surface area contributed by atoms with E-state index < -0.39 is 10.0 Å². The molecule has 6 heteroatoms. The molecule has 0 fully saturated rings. The Labute approximate surface area is 125 Å². The molecule has 19 heavy (non-hydrogen) atoms. The number of aryl methyl sites for hydroxylation is 1. The van der Waals surface area contributed by atoms with Crippen LogP contribution in [0, 0.1) is 6.92 Å². The van der Waals surface area contributed by atoms with Crippen LogP contribution in [0.5, 0.6) is 0 Å². The van der Waals surface area contributed by atoms with Crippen molar-refractivity contribution in [1.29, 1.82) is 0 Å². The second-order valence-electron chi connectivity index (χ2n) is 4.11. The first kappa shape index (κ1) is 14.7. The van der Waals surface area contributed by atoms with Crippen molar-refractivity contribution in [2.24, 2.45) is 0 Å². The summed E-state index contributed by atoms with van der Waals surface area (Å²) in [6.45, 7) is 2.34. The van der Waals surface area contributed by atoms with Crippen molar-refractivity contribution in [1.82, 2.24) is 4.72 Å². The summed E-state index contributed by atoms with van der Waals surface area (Å²) in [6, 6.07) is 10.8. The Morgan fingerprint density at radius 1 is 1.16 bits per heavy atom. The second-order valence-corrected chi connectivity index (χ2v) is 7.81. The van der Waals surface area contributed by atoms with Gasteiger partial charge in [-0.3, -0.25) is 0 Å². The van der Waals surface area contributed by atoms with Gasteiger partial charge in [-0.15, -0.1) is 11.3 Å². The Hall–Kier alpha value is -0.690. The Bertz CT molecular complexity index is 648. The number of alkyl halides is 1. The number of rotatable bonds is 5. The highest BCUT2D eigenvalue weighted by Gasteiger charge is 2.13. The van der Waals surface area contributed by atoms with E-state index in [1.54, 1.807) is 35.6 Å². The zero-order valence-electron chi connectivity index (χ0n) is 10.4. The van der Waals surface area contributed by atoms with Crippen molar-refractivity contribution >= 4 is 37.3 Å². The van der Waals surface area contributed by atoms with Gasteiger partial charge < -0.3 is 0 Å². The molecule has 0 saturated carbocycles. The summed E-state index contributed by atoms with van der Waals surface area (Å²) in [6.07, 6.45) is 0. The fraction of sp³-hybridized carbons (Fsp3) is 0.231. The number of thiophene rings is 1. The lowest BCUT2D eigenvalue weighted by atomic mass is 10.2. The summed E-state index contributed by atoms with van der Waals surface area (Å²) in [5, 5.41) is 0.717. The molecular weight excluding hydrogens is 346 g/mol. The van der Waals surface area contributed by atoms with Gasteiger partial charge >= 0.3 is 0 Å². The molecule has 1 N–H and O–H groups in total. The summed E-state index contributed by atoms with van der Waals surface area (Å²) in [5.41, 5.74) is 1.05. The highest BCUT2D eigenvalue weighted by atomic mass is 79.9. The van der Waals surface area contributed by atoms with Gasteiger partial charge in [0.1, 0.15) is 0 Å². The molecule has 0 aliphatic carbocycles. The first-order valence-corrected chi connectivity index (χ1v) is 9.13. The van der Waals surface area contributed by atoms with Crippen molar-refractivity contribution < 1.29 is 8.42 Å². The van der Waals surface area contributed by atoms with E-state index in [1.807, 2.05) is 19.1 Å². The predicted octanol–water partition coefficient (Wildman–Crippen LogP) is 3.43. The average Bonchev–Trinajstić information content (AvgIpc) is 2.82. The predicted molar refractivity (Wildman–Crippen MR) is 82.2 cm³/mol. The molecule has 2 rings (SSSR count). The Balaban J connectivity index is 2.09. The highest BCUT2D eigenvalue weighted by molar-refractivity contribution is 9.08. The van der Waals surface area contributed by atoms with Crippen molar-refractivity contribution in [3.05, 3.63) is 51.7 Å². The largest absolute Gasteiger partial charge is 0.240 e. The maximum atomic E-state index is 12.1. The van der Waals surface area contributed by atoms with E-state index in [-0.39, 0.29) is 0 Å². The zero-order chi connectivity index (χ0) is 13.9. The van der Waals surface area contributed by atoms with Gasteiger partial charge in [0.2, 0.25) is 10.0 Å². The second kappa shape index (κ2) is 6.17. The third-order valence-corrected chi connectivity index (χ3v) is 5.69. The van der Waals surface area contributed by atoms with Crippen LogP contribution in [0.1, 0.15) is 15.3 Å². The van der Waals surface area contributed by atoms with E-state index in [2.05, 4.69) is 20.7 Å². The maximum Gasteiger partial charge on any atom is 0.240 e. The van der Waals surface area contributed by atoms with Gasteiger partial charge in [0.05, 0.1) is 4.90 Å². The minimum Gasteiger partial charge on any atom is -0.207 e. The van der Waals surface area contributed by atoms with Gasteiger partial charge in [0.25, 0.3) is 0 Å². The molecule has 0 saturated heterocycles. The standard InChI is InChI=1S/C13H14BrNO2S2/c1-10-2-5-12(18-10)9-15-19(16,17)13-6-3-11(8-14)4-7-13/h2-7,15H,8-9H2,1H3. The summed E-state index contributed by atoms with van der Waals surface area (Å²) < 4.78 is 26.8. The van der Waals surface area contributed by atoms with E-state index in [1.165, 1.54) is 4.88 Å². The van der Waals surface area contributed by atoms with Crippen LogP contribution in [0.2, 0.25) is 0 Å². The molecule has 0 amide bonds. The van der Waals surface area contributed by atoms with E-state index >= 15 is 0 Å². The molecule has 1 heterocycles. The molecule has 0 aliphatic rings. The Morgan fingerprint density at radius 3 is 2.37 bits per heavy atom. The molecule has 1 aromatic carbocycles. The summed E-state index contributed by atoms with van der Waals surface area (Å²) in [7, 11) is -3.43. The van der Waals surface area contributed by atoms with Gasteiger partial charge in [-0.05, 0) is 36.8 Å². The van der Waals surface area contributed by atoms with Crippen LogP contribution >= 0.6 is 27.3 Å². The number of halogens is 1. The number of sulfonamides is 1. The molecule has 0 radical (unpaired) electrons. The molecular formula is C13H14BrNO2S2. The lowest BCUT2D eigenvalue weighted by Crippen LogP contribution is -2.22. The molecule has 0 aliphatic heterocycles. The minimum atomic E-state index is -3.43. The van der Waals surface area contributed by atoms with Crippen molar-refractivity contribution in [2.45, 2.75) is 23.7 Å². The van der Waals surface area contributed by atoms with Gasteiger partial charge in [0, 0.05) is 21.6 Å². The van der Waals surface area contributed by atoms with Crippen LogP contribution in [0.15, 0.2) is 41.3 Å². The van der Waals surface area contributed by atoms with Crippen LogP contribution in [0.25, 0.3) is 0 Å². The van der Waals surface area contributed by atoms with Crippen LogP contribution in [0.3, 0.4) is 0 Å². The number of hydrogen-bond donors (Lipinski definition) is 1. The van der Waals surface area contributed by atoms with Crippen LogP contribution in [0.4, 0.5) is 0 Å². The molecule has 2 aromatic rings. The molecule has 0 unspecified atom stereocenters. The van der Waals surface area contributed by atoms with E-state index in [0.717, 1.165) is 15.8 Å². The zero-order valence-corrected chi connectivity index (χ0v) is 13.6. The van der Waals surface area contributed by atoms with E-state index in [4.69, 9.17) is 0 Å². The summed E-state index contributed by atoms with van der Waals surface area (Å²) in [5.74, 6) is 0. The van der Waals surface area contributed by atoms with E-state index in [0.29, 0.717) is 11.4 Å². The molecule has 0 spiro atoms. The lowest BCUT2D eigenvalue weighted by Gasteiger charge is -2.06. The number of nitrogens with one attached hydrogen (secondary N) is 1. The van der Waals surface area contributed by atoms with E-state index in [9.17, 15) is 8.42 Å². The monoisotopic (exact) mass is 359 g/mol. The van der Waals surface area contributed by atoms with Crippen molar-refractivity contribution in [2.75, 3.05) is 0 Å². The van der Waals surface area contributed by atoms with Gasteiger partial charge in [-0.1, -0.05) is 28.1 Å². The Kier molecular flexibility index (Phi) is 4.78. The Morgan fingerprint density at radius 2 is 1.84 bits per heavy atom. The summed E-state index contributed by atoms with van der Waals surface area (Å²) >= 11 is 4.93. The van der Waals surface area contributed by atoms with Gasteiger partial charge in [0.15, 0.2) is 0 Å². The fourth-order valence-corrected chi connectivity index (χ4v) is 3.89. The quantitative estimate of drug-likeness (QED) is 0.831. The van der Waals surface area contributed by atoms with Gasteiger partial charge in [-0.2, -0.15) is 0 Å². The molecule has 0 atom stereocenters. The first-order valence-electron chi connectivity index (χ1n) is 5.71. The highest BCUT2D eigenvalue weighted by Crippen LogP contribution is 2.17. The minimum absolute atomic E-state index is 0.297. The van der Waals surface area contributed by atoms with Gasteiger partial charge in [-0.25, -0.2) is 13.1 Å². The van der Waals surface area contributed by atoms with Crippen molar-refractivity contribution in [3.8, 4) is 0 Å². The average molecular weight is 360 g/mol. The molecule has 102 valence electrons. The van der Waals surface area contributed by atoms with Crippen molar-refractivity contribution in [3.63, 3.8) is 0 Å². The third kappa shape index (κ3) is 3.89. The normalized spacial score (nSPS) is 11.7. The molecule has 1 aromatic heterocycles. The van der Waals surface area contributed by atoms with Crippen LogP contribution in [-0.2, 0) is 21.9 Å². The first-order chi connectivity index (χ1) is 9.01. The summed E-state index contributed by atoms with van der Waals surface area (Å²) in [4.78, 5) is 2.49. The maximum absolute atomic E-state index is 12.1. The van der Waals surface area contributed by atoms with Crippen LogP contribution < -0.4 is 4.72 Å². The molecule has 0 bridgehead atoms. The molecule has 3 nitrogen and oxygen atoms in total. The fourth-order valence-electron chi connectivity index (χ4n) is 1.59. The topological polar surface area (TPSA) is 46.2 Å². The third-order valence-electron chi connectivity index (χ3n) is 2.62. The number of hydrogen-bond acceptors (Lipinski definition) is 3. The lowest BCUT2D eigenvalue weighted by molar-refractivity contribution is 0.582. The van der Waals surface area contributed by atoms with Crippen LogP contribution in [-0.4, -0.2) is 8.42 Å².